The van der Waals surface area contributed by atoms with Gasteiger partial charge in [-0.15, -0.1) is 0 Å². The SMILES string of the molecule is COc1cc(C=C2SC(=S)N(c3c(C)n(C)n(-c4ccccc4)c3=O)C2=O)ccc1OC(=O)c1ccc(C)cc1. The Morgan fingerprint density at radius 2 is 1.65 bits per heavy atom. The number of thioether (sulfide) groups is 1. The zero-order chi connectivity index (χ0) is 28.6. The number of aromatic nitrogens is 2. The van der Waals surface area contributed by atoms with E-state index in [2.05, 4.69) is 0 Å². The minimum Gasteiger partial charge on any atom is -0.493 e. The highest BCUT2D eigenvalue weighted by Gasteiger charge is 2.37. The second-order valence-electron chi connectivity index (χ2n) is 9.09. The van der Waals surface area contributed by atoms with E-state index in [9.17, 15) is 14.4 Å². The van der Waals surface area contributed by atoms with Gasteiger partial charge in [0.25, 0.3) is 11.5 Å². The fraction of sp³-hybridized carbons (Fsp3) is 0.133. The van der Waals surface area contributed by atoms with Gasteiger partial charge in [0.1, 0.15) is 5.69 Å². The van der Waals surface area contributed by atoms with Crippen LogP contribution in [0.5, 0.6) is 11.5 Å². The maximum atomic E-state index is 13.5. The Morgan fingerprint density at radius 3 is 2.33 bits per heavy atom. The number of rotatable bonds is 6. The zero-order valence-electron chi connectivity index (χ0n) is 22.2. The smallest absolute Gasteiger partial charge is 0.343 e. The summed E-state index contributed by atoms with van der Waals surface area (Å²) in [7, 11) is 3.23. The molecule has 1 fully saturated rings. The average Bonchev–Trinajstić information content (AvgIpc) is 3.34. The van der Waals surface area contributed by atoms with Crippen molar-refractivity contribution < 1.29 is 19.1 Å². The van der Waals surface area contributed by atoms with E-state index in [0.717, 1.165) is 17.3 Å². The van der Waals surface area contributed by atoms with Gasteiger partial charge in [0.15, 0.2) is 15.8 Å². The second-order valence-corrected chi connectivity index (χ2v) is 10.8. The summed E-state index contributed by atoms with van der Waals surface area (Å²) in [5, 5.41) is 0. The number of para-hydroxylation sites is 1. The minimum absolute atomic E-state index is 0.216. The summed E-state index contributed by atoms with van der Waals surface area (Å²) in [6, 6.07) is 21.3. The fourth-order valence-electron chi connectivity index (χ4n) is 4.33. The molecule has 5 rings (SSSR count). The van der Waals surface area contributed by atoms with Gasteiger partial charge >= 0.3 is 5.97 Å². The number of ether oxygens (including phenoxy) is 2. The number of esters is 1. The van der Waals surface area contributed by atoms with Gasteiger partial charge in [0, 0.05) is 7.05 Å². The van der Waals surface area contributed by atoms with Crippen molar-refractivity contribution in [1.82, 2.24) is 9.36 Å². The summed E-state index contributed by atoms with van der Waals surface area (Å²) < 4.78 is 14.5. The molecule has 40 heavy (non-hydrogen) atoms. The van der Waals surface area contributed by atoms with Crippen molar-refractivity contribution in [2.45, 2.75) is 13.8 Å². The molecule has 0 atom stereocenters. The number of hydrogen-bond acceptors (Lipinski definition) is 7. The Morgan fingerprint density at radius 1 is 0.950 bits per heavy atom. The van der Waals surface area contributed by atoms with Crippen LogP contribution in [0.2, 0.25) is 0 Å². The van der Waals surface area contributed by atoms with Crippen LogP contribution in [-0.2, 0) is 11.8 Å². The number of amides is 1. The maximum Gasteiger partial charge on any atom is 0.343 e. The summed E-state index contributed by atoms with van der Waals surface area (Å²) in [6.45, 7) is 3.71. The number of anilines is 1. The van der Waals surface area contributed by atoms with Crippen LogP contribution >= 0.6 is 24.0 Å². The number of benzene rings is 3. The quantitative estimate of drug-likeness (QED) is 0.132. The number of nitrogens with zero attached hydrogens (tertiary/aromatic N) is 3. The molecule has 202 valence electrons. The minimum atomic E-state index is -0.508. The predicted molar refractivity (Wildman–Crippen MR) is 161 cm³/mol. The van der Waals surface area contributed by atoms with Crippen LogP contribution in [0.1, 0.15) is 27.2 Å². The van der Waals surface area contributed by atoms with E-state index in [4.69, 9.17) is 21.7 Å². The fourth-order valence-corrected chi connectivity index (χ4v) is 5.60. The Bertz CT molecular complexity index is 1740. The van der Waals surface area contributed by atoms with Crippen molar-refractivity contribution in [3.8, 4) is 17.2 Å². The van der Waals surface area contributed by atoms with Crippen LogP contribution in [0.15, 0.2) is 82.5 Å². The molecule has 1 amide bonds. The lowest BCUT2D eigenvalue weighted by atomic mass is 10.1. The molecule has 0 spiro atoms. The molecule has 0 aliphatic carbocycles. The van der Waals surface area contributed by atoms with Gasteiger partial charge in [0.2, 0.25) is 0 Å². The molecule has 0 unspecified atom stereocenters. The van der Waals surface area contributed by atoms with E-state index in [-0.39, 0.29) is 21.3 Å². The summed E-state index contributed by atoms with van der Waals surface area (Å²) in [5.74, 6) is -0.324. The van der Waals surface area contributed by atoms with Crippen LogP contribution in [0, 0.1) is 13.8 Å². The first-order valence-corrected chi connectivity index (χ1v) is 13.5. The Kier molecular flexibility index (Phi) is 7.46. The van der Waals surface area contributed by atoms with Gasteiger partial charge in [0.05, 0.1) is 29.0 Å². The molecule has 4 aromatic rings. The van der Waals surface area contributed by atoms with Crippen LogP contribution in [0.25, 0.3) is 11.8 Å². The number of aryl methyl sites for hydroxylation is 1. The third-order valence-electron chi connectivity index (χ3n) is 6.52. The molecule has 2 heterocycles. The Labute approximate surface area is 240 Å². The first-order valence-electron chi connectivity index (χ1n) is 12.3. The zero-order valence-corrected chi connectivity index (χ0v) is 23.8. The van der Waals surface area contributed by atoms with E-state index < -0.39 is 11.9 Å². The molecule has 0 radical (unpaired) electrons. The van der Waals surface area contributed by atoms with Gasteiger partial charge in [-0.3, -0.25) is 19.2 Å². The molecule has 10 heteroatoms. The largest absolute Gasteiger partial charge is 0.493 e. The first-order chi connectivity index (χ1) is 19.2. The molecular formula is C30H25N3O5S2. The number of carbonyl (C=O) groups is 2. The van der Waals surface area contributed by atoms with Crippen LogP contribution < -0.4 is 19.9 Å². The topological polar surface area (TPSA) is 82.8 Å². The molecule has 1 aromatic heterocycles. The molecule has 0 bridgehead atoms. The van der Waals surface area contributed by atoms with Gasteiger partial charge < -0.3 is 9.47 Å². The van der Waals surface area contributed by atoms with Crippen molar-refractivity contribution >= 4 is 51.9 Å². The maximum absolute atomic E-state index is 13.5. The lowest BCUT2D eigenvalue weighted by molar-refractivity contribution is -0.113. The molecule has 1 aliphatic heterocycles. The average molecular weight is 572 g/mol. The van der Waals surface area contributed by atoms with Crippen LogP contribution in [-0.4, -0.2) is 32.7 Å². The first kappa shape index (κ1) is 27.2. The summed E-state index contributed by atoms with van der Waals surface area (Å²) in [6.07, 6.45) is 1.67. The van der Waals surface area contributed by atoms with E-state index in [1.54, 1.807) is 55.1 Å². The predicted octanol–water partition coefficient (Wildman–Crippen LogP) is 5.43. The number of thiocarbonyl (C=S) groups is 1. The highest BCUT2D eigenvalue weighted by Crippen LogP contribution is 2.37. The van der Waals surface area contributed by atoms with Crippen molar-refractivity contribution in [2.75, 3.05) is 12.0 Å². The summed E-state index contributed by atoms with van der Waals surface area (Å²) in [4.78, 5) is 41.2. The molecular weight excluding hydrogens is 546 g/mol. The molecule has 0 N–H and O–H groups in total. The van der Waals surface area contributed by atoms with Gasteiger partial charge in [-0.1, -0.05) is 65.9 Å². The Balaban J connectivity index is 1.43. The van der Waals surface area contributed by atoms with Crippen molar-refractivity contribution in [1.29, 1.82) is 0 Å². The standard InChI is InChI=1S/C30H25N3O5S2/c1-18-10-13-21(14-11-18)29(36)38-23-15-12-20(16-24(23)37-4)17-25-27(34)32(30(39)40-25)26-19(2)31(3)33(28(26)35)22-8-6-5-7-9-22/h5-17H,1-4H3. The van der Waals surface area contributed by atoms with Gasteiger partial charge in [-0.05, 0) is 61.9 Å². The number of carbonyl (C=O) groups excluding carboxylic acids is 2. The highest BCUT2D eigenvalue weighted by molar-refractivity contribution is 8.27. The monoisotopic (exact) mass is 571 g/mol. The molecule has 0 saturated carbocycles. The third-order valence-corrected chi connectivity index (χ3v) is 7.82. The second kappa shape index (κ2) is 11.0. The van der Waals surface area contributed by atoms with Crippen molar-refractivity contribution in [3.05, 3.63) is 110 Å². The number of hydrogen-bond donors (Lipinski definition) is 0. The normalized spacial score (nSPS) is 14.2. The van der Waals surface area contributed by atoms with Crippen LogP contribution in [0.3, 0.4) is 0 Å². The lowest BCUT2D eigenvalue weighted by Gasteiger charge is -2.12. The van der Waals surface area contributed by atoms with Gasteiger partial charge in [-0.2, -0.15) is 0 Å². The molecule has 1 aliphatic rings. The van der Waals surface area contributed by atoms with E-state index in [0.29, 0.717) is 33.2 Å². The summed E-state index contributed by atoms with van der Waals surface area (Å²) >= 11 is 6.65. The molecule has 8 nitrogen and oxygen atoms in total. The van der Waals surface area contributed by atoms with E-state index in [1.807, 2.05) is 49.4 Å². The molecule has 3 aromatic carbocycles. The number of methoxy groups -OCH3 is 1. The molecule has 1 saturated heterocycles. The van der Waals surface area contributed by atoms with E-state index >= 15 is 0 Å². The summed E-state index contributed by atoms with van der Waals surface area (Å²) in [5.41, 5.74) is 3.25. The van der Waals surface area contributed by atoms with Crippen molar-refractivity contribution in [3.63, 3.8) is 0 Å². The lowest BCUT2D eigenvalue weighted by Crippen LogP contribution is -2.33. The van der Waals surface area contributed by atoms with Gasteiger partial charge in [-0.25, -0.2) is 9.48 Å². The van der Waals surface area contributed by atoms with E-state index in [1.165, 1.54) is 16.7 Å². The third kappa shape index (κ3) is 4.99. The van der Waals surface area contributed by atoms with Crippen LogP contribution in [0.4, 0.5) is 5.69 Å². The van der Waals surface area contributed by atoms with Crippen molar-refractivity contribution in [2.24, 2.45) is 7.05 Å². The Hall–Kier alpha value is -4.41. The highest BCUT2D eigenvalue weighted by atomic mass is 32.2.